The van der Waals surface area contributed by atoms with Crippen LogP contribution in [0, 0.1) is 13.8 Å². The lowest BCUT2D eigenvalue weighted by Crippen LogP contribution is -2.15. The maximum atomic E-state index is 12.3. The molecule has 150 valence electrons. The Morgan fingerprint density at radius 3 is 2.50 bits per heavy atom. The third-order valence-corrected chi connectivity index (χ3v) is 5.41. The molecule has 1 heterocycles. The van der Waals surface area contributed by atoms with Gasteiger partial charge in [-0.05, 0) is 51.3 Å². The normalized spacial score (nSPS) is 10.4. The SMILES string of the molecule is CCOC(=O)c1c(NC(=O)CCCOc2ccccc2C)sc(C(C)=O)c1C. The Bertz CT molecular complexity index is 872. The molecule has 0 aliphatic rings. The summed E-state index contributed by atoms with van der Waals surface area (Å²) < 4.78 is 10.8. The number of aryl methyl sites for hydroxylation is 1. The molecule has 6 nitrogen and oxygen atoms in total. The van der Waals surface area contributed by atoms with E-state index < -0.39 is 5.97 Å². The highest BCUT2D eigenvalue weighted by atomic mass is 32.1. The summed E-state index contributed by atoms with van der Waals surface area (Å²) >= 11 is 1.10. The van der Waals surface area contributed by atoms with Gasteiger partial charge in [0.15, 0.2) is 5.78 Å². The molecule has 1 aromatic heterocycles. The summed E-state index contributed by atoms with van der Waals surface area (Å²) in [4.78, 5) is 36.8. The first-order valence-corrected chi connectivity index (χ1v) is 9.96. The van der Waals surface area contributed by atoms with E-state index in [1.54, 1.807) is 13.8 Å². The Balaban J connectivity index is 1.99. The molecule has 28 heavy (non-hydrogen) atoms. The van der Waals surface area contributed by atoms with Crippen LogP contribution in [0.25, 0.3) is 0 Å². The molecule has 0 unspecified atom stereocenters. The van der Waals surface area contributed by atoms with Crippen LogP contribution in [0.3, 0.4) is 0 Å². The molecule has 1 N–H and O–H groups in total. The van der Waals surface area contributed by atoms with Gasteiger partial charge < -0.3 is 14.8 Å². The molecule has 0 aliphatic heterocycles. The number of carbonyl (C=O) groups is 3. The lowest BCUT2D eigenvalue weighted by atomic mass is 10.1. The number of benzene rings is 1. The van der Waals surface area contributed by atoms with Crippen molar-refractivity contribution in [1.82, 2.24) is 0 Å². The summed E-state index contributed by atoms with van der Waals surface area (Å²) in [5.74, 6) is -0.134. The van der Waals surface area contributed by atoms with Gasteiger partial charge in [-0.15, -0.1) is 11.3 Å². The number of thiophene rings is 1. The van der Waals surface area contributed by atoms with E-state index in [0.717, 1.165) is 22.6 Å². The van der Waals surface area contributed by atoms with Crippen LogP contribution < -0.4 is 10.1 Å². The van der Waals surface area contributed by atoms with Gasteiger partial charge in [-0.2, -0.15) is 0 Å². The fourth-order valence-electron chi connectivity index (χ4n) is 2.71. The van der Waals surface area contributed by atoms with E-state index in [0.29, 0.717) is 28.5 Å². The van der Waals surface area contributed by atoms with Gasteiger partial charge in [-0.25, -0.2) is 4.79 Å². The molecule has 7 heteroatoms. The number of hydrogen-bond donors (Lipinski definition) is 1. The van der Waals surface area contributed by atoms with Crippen molar-refractivity contribution in [2.45, 2.75) is 40.5 Å². The molecule has 0 bridgehead atoms. The first kappa shape index (κ1) is 21.6. The van der Waals surface area contributed by atoms with Crippen molar-refractivity contribution < 1.29 is 23.9 Å². The first-order valence-electron chi connectivity index (χ1n) is 9.14. The van der Waals surface area contributed by atoms with Gasteiger partial charge in [0.25, 0.3) is 0 Å². The maximum Gasteiger partial charge on any atom is 0.341 e. The molecule has 0 saturated carbocycles. The Hall–Kier alpha value is -2.67. The second kappa shape index (κ2) is 10.0. The number of para-hydroxylation sites is 1. The van der Waals surface area contributed by atoms with Crippen molar-refractivity contribution >= 4 is 34.0 Å². The molecule has 2 aromatic rings. The lowest BCUT2D eigenvalue weighted by molar-refractivity contribution is -0.116. The minimum Gasteiger partial charge on any atom is -0.493 e. The van der Waals surface area contributed by atoms with Crippen LogP contribution in [-0.4, -0.2) is 30.9 Å². The highest BCUT2D eigenvalue weighted by molar-refractivity contribution is 7.18. The third kappa shape index (κ3) is 5.42. The van der Waals surface area contributed by atoms with Crippen LogP contribution in [0.15, 0.2) is 24.3 Å². The first-order chi connectivity index (χ1) is 13.3. The zero-order chi connectivity index (χ0) is 20.7. The Morgan fingerprint density at radius 2 is 1.86 bits per heavy atom. The highest BCUT2D eigenvalue weighted by Gasteiger charge is 2.25. The number of rotatable bonds is 9. The van der Waals surface area contributed by atoms with E-state index in [4.69, 9.17) is 9.47 Å². The molecule has 1 aromatic carbocycles. The van der Waals surface area contributed by atoms with Crippen LogP contribution >= 0.6 is 11.3 Å². The minimum absolute atomic E-state index is 0.153. The van der Waals surface area contributed by atoms with E-state index in [2.05, 4.69) is 5.32 Å². The molecule has 2 rings (SSSR count). The van der Waals surface area contributed by atoms with Crippen LogP contribution in [0.2, 0.25) is 0 Å². The van der Waals surface area contributed by atoms with E-state index in [-0.39, 0.29) is 30.3 Å². The summed E-state index contributed by atoms with van der Waals surface area (Å²) in [6, 6.07) is 7.69. The van der Waals surface area contributed by atoms with Crippen LogP contribution in [0.1, 0.15) is 57.8 Å². The summed E-state index contributed by atoms with van der Waals surface area (Å²) in [5.41, 5.74) is 1.83. The number of hydrogen-bond acceptors (Lipinski definition) is 6. The van der Waals surface area contributed by atoms with Crippen molar-refractivity contribution in [3.63, 3.8) is 0 Å². The van der Waals surface area contributed by atoms with Crippen molar-refractivity contribution in [3.8, 4) is 5.75 Å². The minimum atomic E-state index is -0.540. The van der Waals surface area contributed by atoms with E-state index in [1.807, 2.05) is 31.2 Å². The van der Waals surface area contributed by atoms with Gasteiger partial charge in [0.2, 0.25) is 5.91 Å². The van der Waals surface area contributed by atoms with E-state index in [1.165, 1.54) is 6.92 Å². The summed E-state index contributed by atoms with van der Waals surface area (Å²) in [7, 11) is 0. The number of anilines is 1. The second-order valence-corrected chi connectivity index (χ2v) is 7.32. The average Bonchev–Trinajstić information content (AvgIpc) is 2.96. The number of ketones is 1. The fourth-order valence-corrected chi connectivity index (χ4v) is 3.82. The quantitative estimate of drug-likeness (QED) is 0.378. The van der Waals surface area contributed by atoms with E-state index in [9.17, 15) is 14.4 Å². The average molecular weight is 404 g/mol. The zero-order valence-corrected chi connectivity index (χ0v) is 17.4. The van der Waals surface area contributed by atoms with Gasteiger partial charge >= 0.3 is 5.97 Å². The predicted octanol–water partition coefficient (Wildman–Crippen LogP) is 4.54. The Labute approximate surface area is 168 Å². The van der Waals surface area contributed by atoms with Crippen molar-refractivity contribution in [3.05, 3.63) is 45.8 Å². The van der Waals surface area contributed by atoms with Gasteiger partial charge in [-0.1, -0.05) is 18.2 Å². The fraction of sp³-hybridized carbons (Fsp3) is 0.381. The van der Waals surface area contributed by atoms with E-state index >= 15 is 0 Å². The van der Waals surface area contributed by atoms with Crippen molar-refractivity contribution in [1.29, 1.82) is 0 Å². The highest BCUT2D eigenvalue weighted by Crippen LogP contribution is 2.34. The number of carbonyl (C=O) groups excluding carboxylic acids is 3. The Kier molecular flexibility index (Phi) is 7.75. The summed E-state index contributed by atoms with van der Waals surface area (Å²) in [6.45, 7) is 7.41. The molecule has 0 saturated heterocycles. The number of ether oxygens (including phenoxy) is 2. The number of nitrogens with one attached hydrogen (secondary N) is 1. The van der Waals surface area contributed by atoms with Gasteiger partial charge in [0.1, 0.15) is 10.8 Å². The number of esters is 1. The molecule has 1 amide bonds. The molecule has 0 radical (unpaired) electrons. The molecular formula is C21H25NO5S. The molecule has 0 atom stereocenters. The zero-order valence-electron chi connectivity index (χ0n) is 16.6. The van der Waals surface area contributed by atoms with Crippen LogP contribution in [0.4, 0.5) is 5.00 Å². The lowest BCUT2D eigenvalue weighted by Gasteiger charge is -2.09. The number of Topliss-reactive ketones (excluding diaryl/α,β-unsaturated/α-hetero) is 1. The van der Waals surface area contributed by atoms with Crippen molar-refractivity contribution in [2.75, 3.05) is 18.5 Å². The van der Waals surface area contributed by atoms with Gasteiger partial charge in [-0.3, -0.25) is 9.59 Å². The Morgan fingerprint density at radius 1 is 1.14 bits per heavy atom. The largest absolute Gasteiger partial charge is 0.493 e. The monoisotopic (exact) mass is 403 g/mol. The third-order valence-electron chi connectivity index (χ3n) is 4.10. The smallest absolute Gasteiger partial charge is 0.341 e. The second-order valence-electron chi connectivity index (χ2n) is 6.30. The van der Waals surface area contributed by atoms with Crippen molar-refractivity contribution in [2.24, 2.45) is 0 Å². The molecule has 0 aliphatic carbocycles. The van der Waals surface area contributed by atoms with Crippen LogP contribution in [-0.2, 0) is 9.53 Å². The molecule has 0 fully saturated rings. The topological polar surface area (TPSA) is 81.7 Å². The number of amides is 1. The molecule has 0 spiro atoms. The van der Waals surface area contributed by atoms with Gasteiger partial charge in [0, 0.05) is 6.42 Å². The maximum absolute atomic E-state index is 12.3. The standard InChI is InChI=1S/C21H25NO5S/c1-5-26-21(25)18-14(3)19(15(4)23)28-20(18)22-17(24)11-8-12-27-16-10-7-6-9-13(16)2/h6-7,9-10H,5,8,11-12H2,1-4H3,(H,22,24). The van der Waals surface area contributed by atoms with Crippen LogP contribution in [0.5, 0.6) is 5.75 Å². The molecular weight excluding hydrogens is 378 g/mol. The van der Waals surface area contributed by atoms with Gasteiger partial charge in [0.05, 0.1) is 23.7 Å². The summed E-state index contributed by atoms with van der Waals surface area (Å²) in [5, 5.41) is 3.10. The predicted molar refractivity (Wildman–Crippen MR) is 110 cm³/mol. The summed E-state index contributed by atoms with van der Waals surface area (Å²) in [6.07, 6.45) is 0.763.